The minimum atomic E-state index is 0.390. The summed E-state index contributed by atoms with van der Waals surface area (Å²) in [5, 5.41) is 4.64. The van der Waals surface area contributed by atoms with Gasteiger partial charge in [0.15, 0.2) is 0 Å². The van der Waals surface area contributed by atoms with Crippen LogP contribution in [0, 0.1) is 5.92 Å². The summed E-state index contributed by atoms with van der Waals surface area (Å²) >= 11 is 6.08. The SMILES string of the molecule is CCCC1CCCC(N[C@@H](C)c2cccc(Cl)c2)CC1. The van der Waals surface area contributed by atoms with Crippen LogP contribution in [0.4, 0.5) is 0 Å². The van der Waals surface area contributed by atoms with Crippen molar-refractivity contribution in [1.82, 2.24) is 5.32 Å². The molecule has 1 aliphatic rings. The van der Waals surface area contributed by atoms with Crippen molar-refractivity contribution in [3.05, 3.63) is 34.9 Å². The summed E-state index contributed by atoms with van der Waals surface area (Å²) in [4.78, 5) is 0. The van der Waals surface area contributed by atoms with Crippen LogP contribution in [0.25, 0.3) is 0 Å². The third-order valence-corrected chi connectivity index (χ3v) is 4.85. The first kappa shape index (κ1) is 15.9. The molecule has 0 bridgehead atoms. The smallest absolute Gasteiger partial charge is 0.0409 e. The minimum Gasteiger partial charge on any atom is -0.307 e. The van der Waals surface area contributed by atoms with Gasteiger partial charge < -0.3 is 5.32 Å². The molecule has 2 unspecified atom stereocenters. The zero-order valence-corrected chi connectivity index (χ0v) is 13.6. The Kier molecular flexibility index (Phi) is 6.38. The Morgan fingerprint density at radius 2 is 2.10 bits per heavy atom. The van der Waals surface area contributed by atoms with E-state index in [4.69, 9.17) is 11.6 Å². The average Bonchev–Trinajstić information content (AvgIpc) is 2.65. The molecule has 3 atom stereocenters. The van der Waals surface area contributed by atoms with Crippen LogP contribution in [0.15, 0.2) is 24.3 Å². The molecule has 0 spiro atoms. The van der Waals surface area contributed by atoms with Crippen molar-refractivity contribution in [3.63, 3.8) is 0 Å². The number of rotatable bonds is 5. The fourth-order valence-corrected chi connectivity index (χ4v) is 3.67. The second kappa shape index (κ2) is 8.05. The van der Waals surface area contributed by atoms with E-state index in [0.29, 0.717) is 12.1 Å². The summed E-state index contributed by atoms with van der Waals surface area (Å²) in [5.74, 6) is 0.966. The molecule has 0 saturated heterocycles. The standard InChI is InChI=1S/C18H28ClN/c1-3-6-15-7-4-10-18(12-11-15)20-14(2)16-8-5-9-17(19)13-16/h5,8-9,13-15,18,20H,3-4,6-7,10-12H2,1-2H3/t14-,15?,18?/m0/s1. The third kappa shape index (κ3) is 4.79. The Hall–Kier alpha value is -0.530. The van der Waals surface area contributed by atoms with Crippen LogP contribution < -0.4 is 5.32 Å². The first-order chi connectivity index (χ1) is 9.69. The molecule has 0 heterocycles. The fraction of sp³-hybridized carbons (Fsp3) is 0.667. The van der Waals surface area contributed by atoms with Crippen LogP contribution in [0.2, 0.25) is 5.02 Å². The summed E-state index contributed by atoms with van der Waals surface area (Å²) in [5.41, 5.74) is 1.30. The monoisotopic (exact) mass is 293 g/mol. The van der Waals surface area contributed by atoms with Gasteiger partial charge in [0.25, 0.3) is 0 Å². The molecule has 0 amide bonds. The van der Waals surface area contributed by atoms with Gasteiger partial charge in [0.1, 0.15) is 0 Å². The molecule has 20 heavy (non-hydrogen) atoms. The van der Waals surface area contributed by atoms with E-state index in [0.717, 1.165) is 10.9 Å². The second-order valence-corrected chi connectivity index (χ2v) is 6.74. The van der Waals surface area contributed by atoms with Crippen LogP contribution in [-0.2, 0) is 0 Å². The van der Waals surface area contributed by atoms with Gasteiger partial charge in [-0.25, -0.2) is 0 Å². The lowest BCUT2D eigenvalue weighted by atomic mass is 9.95. The third-order valence-electron chi connectivity index (χ3n) is 4.62. The number of benzene rings is 1. The Labute approximate surface area is 129 Å². The van der Waals surface area contributed by atoms with Crippen molar-refractivity contribution in [2.24, 2.45) is 5.92 Å². The fourth-order valence-electron chi connectivity index (χ4n) is 3.47. The zero-order valence-electron chi connectivity index (χ0n) is 12.9. The molecule has 1 saturated carbocycles. The molecule has 1 aromatic carbocycles. The Bertz CT molecular complexity index is 404. The Morgan fingerprint density at radius 3 is 2.85 bits per heavy atom. The van der Waals surface area contributed by atoms with Gasteiger partial charge in [-0.15, -0.1) is 0 Å². The predicted molar refractivity (Wildman–Crippen MR) is 88.3 cm³/mol. The average molecular weight is 294 g/mol. The van der Waals surface area contributed by atoms with E-state index in [1.165, 1.54) is 50.5 Å². The molecular formula is C18H28ClN. The van der Waals surface area contributed by atoms with Crippen LogP contribution in [-0.4, -0.2) is 6.04 Å². The first-order valence-corrected chi connectivity index (χ1v) is 8.58. The largest absolute Gasteiger partial charge is 0.307 e. The predicted octanol–water partition coefficient (Wildman–Crippen LogP) is 5.74. The van der Waals surface area contributed by atoms with Gasteiger partial charge in [-0.3, -0.25) is 0 Å². The molecule has 2 heteroatoms. The summed E-state index contributed by atoms with van der Waals surface area (Å²) in [6, 6.07) is 9.29. The highest BCUT2D eigenvalue weighted by molar-refractivity contribution is 6.30. The maximum Gasteiger partial charge on any atom is 0.0409 e. The van der Waals surface area contributed by atoms with Crippen molar-refractivity contribution in [3.8, 4) is 0 Å². The van der Waals surface area contributed by atoms with E-state index in [-0.39, 0.29) is 0 Å². The molecule has 1 N–H and O–H groups in total. The van der Waals surface area contributed by atoms with Crippen molar-refractivity contribution >= 4 is 11.6 Å². The van der Waals surface area contributed by atoms with Crippen molar-refractivity contribution in [2.45, 2.75) is 70.9 Å². The van der Waals surface area contributed by atoms with Gasteiger partial charge in [0, 0.05) is 17.1 Å². The van der Waals surface area contributed by atoms with Crippen LogP contribution in [0.5, 0.6) is 0 Å². The topological polar surface area (TPSA) is 12.0 Å². The van der Waals surface area contributed by atoms with Crippen molar-refractivity contribution in [2.75, 3.05) is 0 Å². The normalized spacial score (nSPS) is 25.1. The molecule has 1 nitrogen and oxygen atoms in total. The first-order valence-electron chi connectivity index (χ1n) is 8.20. The van der Waals surface area contributed by atoms with Gasteiger partial charge in [-0.2, -0.15) is 0 Å². The van der Waals surface area contributed by atoms with Gasteiger partial charge >= 0.3 is 0 Å². The van der Waals surface area contributed by atoms with Gasteiger partial charge in [-0.05, 0) is 49.8 Å². The van der Waals surface area contributed by atoms with Gasteiger partial charge in [-0.1, -0.05) is 56.3 Å². The molecule has 0 aliphatic heterocycles. The molecule has 112 valence electrons. The van der Waals surface area contributed by atoms with E-state index in [1.807, 2.05) is 12.1 Å². The maximum atomic E-state index is 6.08. The van der Waals surface area contributed by atoms with Crippen LogP contribution >= 0.6 is 11.6 Å². The number of hydrogen-bond acceptors (Lipinski definition) is 1. The summed E-state index contributed by atoms with van der Waals surface area (Å²) in [6.45, 7) is 4.56. The lowest BCUT2D eigenvalue weighted by Gasteiger charge is -2.22. The van der Waals surface area contributed by atoms with Crippen molar-refractivity contribution in [1.29, 1.82) is 0 Å². The van der Waals surface area contributed by atoms with Crippen LogP contribution in [0.3, 0.4) is 0 Å². The van der Waals surface area contributed by atoms with Gasteiger partial charge in [0.2, 0.25) is 0 Å². The highest BCUT2D eigenvalue weighted by Gasteiger charge is 2.20. The number of hydrogen-bond donors (Lipinski definition) is 1. The molecule has 2 rings (SSSR count). The van der Waals surface area contributed by atoms with Crippen molar-refractivity contribution < 1.29 is 0 Å². The second-order valence-electron chi connectivity index (χ2n) is 6.30. The van der Waals surface area contributed by atoms with Gasteiger partial charge in [0.05, 0.1) is 0 Å². The molecular weight excluding hydrogens is 266 g/mol. The molecule has 0 aromatic heterocycles. The molecule has 1 fully saturated rings. The highest BCUT2D eigenvalue weighted by atomic mass is 35.5. The molecule has 1 aromatic rings. The zero-order chi connectivity index (χ0) is 14.4. The highest BCUT2D eigenvalue weighted by Crippen LogP contribution is 2.28. The van der Waals surface area contributed by atoms with E-state index in [9.17, 15) is 0 Å². The maximum absolute atomic E-state index is 6.08. The number of nitrogens with one attached hydrogen (secondary N) is 1. The molecule has 1 aliphatic carbocycles. The van der Waals surface area contributed by atoms with E-state index in [2.05, 4.69) is 31.3 Å². The van der Waals surface area contributed by atoms with E-state index < -0.39 is 0 Å². The summed E-state index contributed by atoms with van der Waals surface area (Å²) in [6.07, 6.45) is 9.61. The lowest BCUT2D eigenvalue weighted by Crippen LogP contribution is -2.31. The number of halogens is 1. The van der Waals surface area contributed by atoms with E-state index in [1.54, 1.807) is 0 Å². The quantitative estimate of drug-likeness (QED) is 0.683. The Balaban J connectivity index is 1.86. The van der Waals surface area contributed by atoms with E-state index >= 15 is 0 Å². The summed E-state index contributed by atoms with van der Waals surface area (Å²) < 4.78 is 0. The van der Waals surface area contributed by atoms with Crippen LogP contribution in [0.1, 0.15) is 70.4 Å². The minimum absolute atomic E-state index is 0.390. The Morgan fingerprint density at radius 1 is 1.25 bits per heavy atom. The molecule has 0 radical (unpaired) electrons. The summed E-state index contributed by atoms with van der Waals surface area (Å²) in [7, 11) is 0. The lowest BCUT2D eigenvalue weighted by molar-refractivity contribution is 0.393.